The van der Waals surface area contributed by atoms with Gasteiger partial charge < -0.3 is 10.4 Å². The molecule has 94 valence electrons. The normalized spacial score (nSPS) is 25.8. The molecular formula is C7H7F6NO2. The fourth-order valence-electron chi connectivity index (χ4n) is 1.77. The van der Waals surface area contributed by atoms with E-state index in [9.17, 15) is 31.1 Å². The molecule has 0 aromatic carbocycles. The van der Waals surface area contributed by atoms with Gasteiger partial charge in [0.15, 0.2) is 5.41 Å². The number of rotatable bonds is 1. The molecule has 0 radical (unpaired) electrons. The van der Waals surface area contributed by atoms with E-state index in [1.807, 2.05) is 5.32 Å². The summed E-state index contributed by atoms with van der Waals surface area (Å²) in [5.41, 5.74) is -4.20. The molecular weight excluding hydrogens is 244 g/mol. The van der Waals surface area contributed by atoms with E-state index in [0.717, 1.165) is 0 Å². The molecule has 1 fully saturated rings. The van der Waals surface area contributed by atoms with Crippen LogP contribution in [0.5, 0.6) is 0 Å². The van der Waals surface area contributed by atoms with Crippen LogP contribution in [0.2, 0.25) is 0 Å². The molecule has 1 rings (SSSR count). The third-order valence-electron chi connectivity index (χ3n) is 2.66. The van der Waals surface area contributed by atoms with Gasteiger partial charge in [-0.15, -0.1) is 0 Å². The number of nitrogens with one attached hydrogen (secondary N) is 1. The Labute approximate surface area is 85.4 Å². The quantitative estimate of drug-likeness (QED) is 0.692. The number of hydrogen-bond donors (Lipinski definition) is 2. The van der Waals surface area contributed by atoms with E-state index in [-0.39, 0.29) is 0 Å². The summed E-state index contributed by atoms with van der Waals surface area (Å²) in [4.78, 5) is 10.5. The number of carboxylic acid groups (broad SMARTS) is 1. The number of halogens is 6. The van der Waals surface area contributed by atoms with E-state index in [2.05, 4.69) is 0 Å². The fraction of sp³-hybridized carbons (Fsp3) is 0.857. The zero-order valence-corrected chi connectivity index (χ0v) is 7.61. The van der Waals surface area contributed by atoms with Gasteiger partial charge in [-0.2, -0.15) is 26.3 Å². The topological polar surface area (TPSA) is 49.3 Å². The zero-order valence-electron chi connectivity index (χ0n) is 7.61. The molecule has 0 aliphatic carbocycles. The molecule has 1 aliphatic rings. The highest BCUT2D eigenvalue weighted by molar-refractivity contribution is 5.72. The van der Waals surface area contributed by atoms with Crippen LogP contribution >= 0.6 is 0 Å². The summed E-state index contributed by atoms with van der Waals surface area (Å²) in [6, 6.07) is 0. The van der Waals surface area contributed by atoms with Gasteiger partial charge in [0.2, 0.25) is 0 Å². The summed E-state index contributed by atoms with van der Waals surface area (Å²) in [5, 5.41) is 10.3. The van der Waals surface area contributed by atoms with Crippen molar-refractivity contribution in [2.75, 3.05) is 13.1 Å². The second-order valence-corrected chi connectivity index (χ2v) is 3.49. The summed E-state index contributed by atoms with van der Waals surface area (Å²) in [5.74, 6) is -4.66. The molecule has 0 aromatic rings. The minimum Gasteiger partial charge on any atom is -0.481 e. The van der Waals surface area contributed by atoms with Gasteiger partial charge in [-0.3, -0.25) is 4.79 Å². The van der Waals surface area contributed by atoms with E-state index in [0.29, 0.717) is 0 Å². The Morgan fingerprint density at radius 3 is 1.88 bits per heavy atom. The average molecular weight is 251 g/mol. The summed E-state index contributed by atoms with van der Waals surface area (Å²) >= 11 is 0. The minimum absolute atomic E-state index is 0.853. The molecule has 0 saturated carbocycles. The number of aliphatic carboxylic acids is 1. The monoisotopic (exact) mass is 251 g/mol. The SMILES string of the molecule is O=C(O)[C@H]1CNCC1(C(F)(F)F)C(F)(F)F. The minimum atomic E-state index is -5.65. The van der Waals surface area contributed by atoms with Crippen molar-refractivity contribution in [3.8, 4) is 0 Å². The predicted octanol–water partition coefficient (Wildman–Crippen LogP) is 1.40. The third kappa shape index (κ3) is 1.62. The molecule has 2 N–H and O–H groups in total. The first-order valence-corrected chi connectivity index (χ1v) is 4.11. The predicted molar refractivity (Wildman–Crippen MR) is 38.5 cm³/mol. The van der Waals surface area contributed by atoms with E-state index in [1.165, 1.54) is 0 Å². The average Bonchev–Trinajstić information content (AvgIpc) is 2.44. The highest BCUT2D eigenvalue weighted by Crippen LogP contribution is 2.56. The lowest BCUT2D eigenvalue weighted by atomic mass is 9.76. The molecule has 0 spiro atoms. The van der Waals surface area contributed by atoms with Gasteiger partial charge in [0.1, 0.15) is 0 Å². The summed E-state index contributed by atoms with van der Waals surface area (Å²) < 4.78 is 75.0. The van der Waals surface area contributed by atoms with Gasteiger partial charge in [0, 0.05) is 13.1 Å². The lowest BCUT2D eigenvalue weighted by Crippen LogP contribution is -2.57. The highest BCUT2D eigenvalue weighted by Gasteiger charge is 2.77. The number of carboxylic acids is 1. The van der Waals surface area contributed by atoms with Crippen LogP contribution in [0.3, 0.4) is 0 Å². The first-order chi connectivity index (χ1) is 7.04. The second kappa shape index (κ2) is 3.51. The largest absolute Gasteiger partial charge is 0.481 e. The van der Waals surface area contributed by atoms with Crippen LogP contribution in [0.4, 0.5) is 26.3 Å². The Hall–Kier alpha value is -0.990. The molecule has 16 heavy (non-hydrogen) atoms. The Morgan fingerprint density at radius 2 is 1.62 bits per heavy atom. The van der Waals surface area contributed by atoms with E-state index >= 15 is 0 Å². The summed E-state index contributed by atoms with van der Waals surface area (Å²) in [7, 11) is 0. The van der Waals surface area contributed by atoms with Crippen LogP contribution in [-0.4, -0.2) is 36.5 Å². The van der Waals surface area contributed by atoms with Gasteiger partial charge in [-0.1, -0.05) is 0 Å². The molecule has 0 bridgehead atoms. The van der Waals surface area contributed by atoms with Crippen LogP contribution < -0.4 is 5.32 Å². The summed E-state index contributed by atoms with van der Waals surface area (Å²) in [6.07, 6.45) is -11.3. The molecule has 0 amide bonds. The molecule has 0 aromatic heterocycles. The van der Waals surface area contributed by atoms with Gasteiger partial charge in [0.25, 0.3) is 0 Å². The molecule has 1 saturated heterocycles. The van der Waals surface area contributed by atoms with Crippen LogP contribution in [0.1, 0.15) is 0 Å². The first kappa shape index (κ1) is 13.1. The summed E-state index contributed by atoms with van der Waals surface area (Å²) in [6.45, 7) is -2.31. The van der Waals surface area contributed by atoms with Gasteiger partial charge in [-0.05, 0) is 0 Å². The van der Waals surface area contributed by atoms with Crippen LogP contribution in [0.15, 0.2) is 0 Å². The van der Waals surface area contributed by atoms with Gasteiger partial charge >= 0.3 is 18.3 Å². The molecule has 0 unspecified atom stereocenters. The third-order valence-corrected chi connectivity index (χ3v) is 2.66. The van der Waals surface area contributed by atoms with Crippen molar-refractivity contribution in [1.82, 2.24) is 5.32 Å². The van der Waals surface area contributed by atoms with Crippen molar-refractivity contribution in [1.29, 1.82) is 0 Å². The molecule has 3 nitrogen and oxygen atoms in total. The van der Waals surface area contributed by atoms with Crippen molar-refractivity contribution in [3.63, 3.8) is 0 Å². The van der Waals surface area contributed by atoms with Crippen molar-refractivity contribution in [2.24, 2.45) is 11.3 Å². The first-order valence-electron chi connectivity index (χ1n) is 4.11. The number of hydrogen-bond acceptors (Lipinski definition) is 2. The highest BCUT2D eigenvalue weighted by atomic mass is 19.4. The number of alkyl halides is 6. The van der Waals surface area contributed by atoms with Crippen LogP contribution in [0.25, 0.3) is 0 Å². The Bertz CT molecular complexity index is 282. The maximum atomic E-state index is 12.5. The molecule has 1 heterocycles. The maximum absolute atomic E-state index is 12.5. The Balaban J connectivity index is 3.30. The lowest BCUT2D eigenvalue weighted by Gasteiger charge is -2.36. The van der Waals surface area contributed by atoms with Gasteiger partial charge in [0.05, 0.1) is 5.92 Å². The van der Waals surface area contributed by atoms with Crippen molar-refractivity contribution in [2.45, 2.75) is 12.4 Å². The standard InChI is InChI=1S/C7H7F6NO2/c8-6(9,10)5(7(11,12)13)2-14-1-3(5)4(15)16/h3,14H,1-2H2,(H,15,16)/t3-/m1/s1. The van der Waals surface area contributed by atoms with Crippen molar-refractivity contribution in [3.05, 3.63) is 0 Å². The Kier molecular flexibility index (Phi) is 2.86. The van der Waals surface area contributed by atoms with Crippen molar-refractivity contribution >= 4 is 5.97 Å². The number of carbonyl (C=O) groups is 1. The maximum Gasteiger partial charge on any atom is 0.405 e. The van der Waals surface area contributed by atoms with E-state index in [1.54, 1.807) is 0 Å². The van der Waals surface area contributed by atoms with Gasteiger partial charge in [-0.25, -0.2) is 0 Å². The van der Waals surface area contributed by atoms with Crippen LogP contribution in [-0.2, 0) is 4.79 Å². The van der Waals surface area contributed by atoms with Crippen LogP contribution in [0, 0.1) is 11.3 Å². The fourth-order valence-corrected chi connectivity index (χ4v) is 1.77. The smallest absolute Gasteiger partial charge is 0.405 e. The Morgan fingerprint density at radius 1 is 1.19 bits per heavy atom. The van der Waals surface area contributed by atoms with E-state index in [4.69, 9.17) is 5.11 Å². The van der Waals surface area contributed by atoms with Crippen molar-refractivity contribution < 1.29 is 36.2 Å². The molecule has 1 atom stereocenters. The second-order valence-electron chi connectivity index (χ2n) is 3.49. The molecule has 9 heteroatoms. The van der Waals surface area contributed by atoms with E-state index < -0.39 is 42.7 Å². The molecule has 1 aliphatic heterocycles. The zero-order chi connectivity index (χ0) is 12.8. The lowest BCUT2D eigenvalue weighted by molar-refractivity contribution is -0.344.